The second-order valence-electron chi connectivity index (χ2n) is 9.69. The predicted molar refractivity (Wildman–Crippen MR) is 114 cm³/mol. The van der Waals surface area contributed by atoms with Crippen LogP contribution in [0.25, 0.3) is 22.3 Å². The van der Waals surface area contributed by atoms with Crippen LogP contribution in [0.3, 0.4) is 0 Å². The van der Waals surface area contributed by atoms with Gasteiger partial charge < -0.3 is 14.5 Å². The van der Waals surface area contributed by atoms with Gasteiger partial charge in [-0.05, 0) is 43.9 Å². The van der Waals surface area contributed by atoms with E-state index < -0.39 is 29.0 Å². The Morgan fingerprint density at radius 3 is 2.82 bits per heavy atom. The third-order valence-electron chi connectivity index (χ3n) is 7.65. The highest BCUT2D eigenvalue weighted by Gasteiger charge is 2.70. The topological polar surface area (TPSA) is 69.1 Å². The number of halogens is 3. The average molecular weight is 459 g/mol. The van der Waals surface area contributed by atoms with Crippen LogP contribution in [0.4, 0.5) is 13.2 Å². The van der Waals surface area contributed by atoms with Gasteiger partial charge in [-0.15, -0.1) is 0 Å². The Morgan fingerprint density at radius 1 is 1.30 bits per heavy atom. The number of carbonyl (C=O) groups is 1. The lowest BCUT2D eigenvalue weighted by atomic mass is 9.51. The Balaban J connectivity index is 1.52. The molecule has 2 bridgehead atoms. The van der Waals surface area contributed by atoms with Gasteiger partial charge in [0.2, 0.25) is 0 Å². The molecule has 174 valence electrons. The van der Waals surface area contributed by atoms with Gasteiger partial charge in [-0.1, -0.05) is 6.92 Å². The molecular formula is C24H24F3N3O3. The number of methoxy groups -OCH3 is 1. The molecule has 2 unspecified atom stereocenters. The summed E-state index contributed by atoms with van der Waals surface area (Å²) in [6, 6.07) is 4.31. The SMILES string of the molecule is COC(=O)c1cc2[nH]c(-c3nn(C4CCCCO4)c4c3C3C[C@@](C)(C4)C3(F)F)cc2cc1F. The number of ether oxygens (including phenoxy) is 2. The van der Waals surface area contributed by atoms with Gasteiger partial charge in [-0.3, -0.25) is 0 Å². The molecule has 4 aliphatic rings. The summed E-state index contributed by atoms with van der Waals surface area (Å²) in [5.74, 6) is -5.21. The first-order valence-corrected chi connectivity index (χ1v) is 11.2. The first kappa shape index (κ1) is 20.8. The van der Waals surface area contributed by atoms with Crippen molar-refractivity contribution in [1.82, 2.24) is 14.8 Å². The Morgan fingerprint density at radius 2 is 2.12 bits per heavy atom. The molecule has 1 aliphatic heterocycles. The van der Waals surface area contributed by atoms with Gasteiger partial charge in [0.1, 0.15) is 17.7 Å². The molecule has 7 rings (SSSR count). The number of rotatable bonds is 3. The first-order valence-electron chi connectivity index (χ1n) is 11.2. The second-order valence-corrected chi connectivity index (χ2v) is 9.69. The van der Waals surface area contributed by atoms with Gasteiger partial charge in [0, 0.05) is 40.6 Å². The Labute approximate surface area is 188 Å². The number of benzene rings is 1. The molecule has 6 nitrogen and oxygen atoms in total. The monoisotopic (exact) mass is 459 g/mol. The number of hydrogen-bond donors (Lipinski definition) is 1. The molecule has 1 aromatic carbocycles. The molecular weight excluding hydrogens is 435 g/mol. The highest BCUT2D eigenvalue weighted by molar-refractivity contribution is 5.96. The van der Waals surface area contributed by atoms with Gasteiger partial charge in [0.05, 0.1) is 24.3 Å². The molecule has 1 saturated carbocycles. The van der Waals surface area contributed by atoms with Crippen molar-refractivity contribution in [3.8, 4) is 11.4 Å². The lowest BCUT2D eigenvalue weighted by molar-refractivity contribution is -0.222. The minimum absolute atomic E-state index is 0.192. The largest absolute Gasteiger partial charge is 0.465 e. The van der Waals surface area contributed by atoms with Crippen molar-refractivity contribution in [3.05, 3.63) is 40.8 Å². The van der Waals surface area contributed by atoms with Crippen molar-refractivity contribution in [1.29, 1.82) is 0 Å². The van der Waals surface area contributed by atoms with Crippen molar-refractivity contribution >= 4 is 16.9 Å². The molecule has 0 spiro atoms. The van der Waals surface area contributed by atoms with E-state index in [-0.39, 0.29) is 18.2 Å². The lowest BCUT2D eigenvalue weighted by Gasteiger charge is -2.56. The fourth-order valence-electron chi connectivity index (χ4n) is 5.77. The van der Waals surface area contributed by atoms with E-state index in [2.05, 4.69) is 9.72 Å². The molecule has 33 heavy (non-hydrogen) atoms. The third kappa shape index (κ3) is 2.77. The van der Waals surface area contributed by atoms with Gasteiger partial charge in [-0.2, -0.15) is 5.10 Å². The van der Waals surface area contributed by atoms with Gasteiger partial charge in [0.15, 0.2) is 0 Å². The minimum atomic E-state index is -2.81. The van der Waals surface area contributed by atoms with E-state index in [1.807, 2.05) is 0 Å². The van der Waals surface area contributed by atoms with E-state index in [4.69, 9.17) is 9.84 Å². The maximum Gasteiger partial charge on any atom is 0.340 e. The summed E-state index contributed by atoms with van der Waals surface area (Å²) in [6.07, 6.45) is 3.11. The maximum atomic E-state index is 15.1. The minimum Gasteiger partial charge on any atom is -0.465 e. The number of carbonyl (C=O) groups excluding carboxylic acids is 1. The van der Waals surface area contributed by atoms with Gasteiger partial charge >= 0.3 is 5.97 Å². The van der Waals surface area contributed by atoms with E-state index in [0.717, 1.165) is 25.0 Å². The fourth-order valence-corrected chi connectivity index (χ4v) is 5.77. The molecule has 3 heterocycles. The van der Waals surface area contributed by atoms with E-state index in [1.165, 1.54) is 19.2 Å². The molecule has 3 aromatic rings. The maximum absolute atomic E-state index is 15.1. The number of aromatic amines is 1. The fraction of sp³-hybridized carbons (Fsp3) is 0.500. The highest BCUT2D eigenvalue weighted by Crippen LogP contribution is 2.68. The van der Waals surface area contributed by atoms with Crippen molar-refractivity contribution in [2.75, 3.05) is 13.7 Å². The van der Waals surface area contributed by atoms with Crippen LogP contribution in [0, 0.1) is 11.2 Å². The van der Waals surface area contributed by atoms with E-state index in [1.54, 1.807) is 17.7 Å². The summed E-state index contributed by atoms with van der Waals surface area (Å²) in [5, 5.41) is 5.31. The first-order chi connectivity index (χ1) is 15.7. The quantitative estimate of drug-likeness (QED) is 0.537. The Hall–Kier alpha value is -2.81. The molecule has 1 saturated heterocycles. The smallest absolute Gasteiger partial charge is 0.340 e. The van der Waals surface area contributed by atoms with E-state index in [9.17, 15) is 9.18 Å². The number of fused-ring (bicyclic) bond motifs is 1. The zero-order valence-electron chi connectivity index (χ0n) is 18.4. The molecule has 1 N–H and O–H groups in total. The van der Waals surface area contributed by atoms with Crippen LogP contribution >= 0.6 is 0 Å². The summed E-state index contributed by atoms with van der Waals surface area (Å²) in [7, 11) is 1.19. The molecule has 3 atom stereocenters. The molecule has 0 radical (unpaired) electrons. The van der Waals surface area contributed by atoms with Gasteiger partial charge in [0.25, 0.3) is 5.92 Å². The number of alkyl halides is 2. The van der Waals surface area contributed by atoms with E-state index in [0.29, 0.717) is 40.9 Å². The Bertz CT molecular complexity index is 1290. The van der Waals surface area contributed by atoms with E-state index >= 15 is 8.78 Å². The number of esters is 1. The predicted octanol–water partition coefficient (Wildman–Crippen LogP) is 5.34. The third-order valence-corrected chi connectivity index (χ3v) is 7.65. The standard InChI is InChI=1S/C24H24F3N3O3/c1-23-10-14(24(23,26)27)20-18(11-23)30(19-5-3-4-6-33-19)29-21(20)17-8-12-7-15(25)13(22(31)32-2)9-16(12)28-17/h7-9,14,19,28H,3-6,10-11H2,1-2H3/t14?,19?,23-/m0/s1. The average Bonchev–Trinajstić information content (AvgIpc) is 3.39. The number of aromatic nitrogens is 3. The van der Waals surface area contributed by atoms with Crippen LogP contribution in [-0.4, -0.2) is 40.4 Å². The van der Waals surface area contributed by atoms with Crippen LogP contribution in [0.1, 0.15) is 66.4 Å². The number of H-pyrrole nitrogens is 1. The van der Waals surface area contributed by atoms with Crippen LogP contribution in [0.2, 0.25) is 0 Å². The highest BCUT2D eigenvalue weighted by atomic mass is 19.3. The molecule has 0 amide bonds. The van der Waals surface area contributed by atoms with Crippen molar-refractivity contribution in [3.63, 3.8) is 0 Å². The number of nitrogens with one attached hydrogen (secondary N) is 1. The number of hydrogen-bond acceptors (Lipinski definition) is 4. The molecule has 9 heteroatoms. The van der Waals surface area contributed by atoms with Crippen LogP contribution in [-0.2, 0) is 15.9 Å². The van der Waals surface area contributed by atoms with Crippen LogP contribution < -0.4 is 0 Å². The van der Waals surface area contributed by atoms with Gasteiger partial charge in [-0.25, -0.2) is 22.6 Å². The molecule has 3 aliphatic carbocycles. The number of nitrogens with zero attached hydrogens (tertiary/aromatic N) is 2. The van der Waals surface area contributed by atoms with Crippen LogP contribution in [0.5, 0.6) is 0 Å². The summed E-state index contributed by atoms with van der Waals surface area (Å²) >= 11 is 0. The zero-order chi connectivity index (χ0) is 23.1. The lowest BCUT2D eigenvalue weighted by Crippen LogP contribution is -2.59. The molecule has 2 fully saturated rings. The molecule has 2 aromatic heterocycles. The summed E-state index contributed by atoms with van der Waals surface area (Å²) in [4.78, 5) is 15.0. The van der Waals surface area contributed by atoms with Crippen molar-refractivity contribution < 1.29 is 27.4 Å². The summed E-state index contributed by atoms with van der Waals surface area (Å²) in [6.45, 7) is 2.26. The Kier molecular flexibility index (Phi) is 4.31. The second kappa shape index (κ2) is 6.85. The van der Waals surface area contributed by atoms with Crippen molar-refractivity contribution in [2.45, 2.75) is 57.1 Å². The normalized spacial score (nSPS) is 27.8. The summed E-state index contributed by atoms with van der Waals surface area (Å²) < 4.78 is 57.1. The summed E-state index contributed by atoms with van der Waals surface area (Å²) in [5.41, 5.74) is 1.56. The zero-order valence-corrected chi connectivity index (χ0v) is 18.4. The van der Waals surface area contributed by atoms with Crippen LogP contribution in [0.15, 0.2) is 18.2 Å². The van der Waals surface area contributed by atoms with Crippen molar-refractivity contribution in [2.24, 2.45) is 5.41 Å².